The van der Waals surface area contributed by atoms with Crippen molar-refractivity contribution in [3.63, 3.8) is 0 Å². The predicted octanol–water partition coefficient (Wildman–Crippen LogP) is 2.79. The third kappa shape index (κ3) is 4.13. The van der Waals surface area contributed by atoms with E-state index in [4.69, 9.17) is 9.47 Å². The minimum absolute atomic E-state index is 0.115. The van der Waals surface area contributed by atoms with Crippen molar-refractivity contribution in [1.29, 1.82) is 0 Å². The lowest BCUT2D eigenvalue weighted by atomic mass is 10.0. The van der Waals surface area contributed by atoms with Crippen LogP contribution in [0.15, 0.2) is 24.3 Å². The topological polar surface area (TPSA) is 59.0 Å². The first-order valence-electron chi connectivity index (χ1n) is 8.01. The monoisotopic (exact) mass is 307 g/mol. The fourth-order valence-corrected chi connectivity index (χ4v) is 2.90. The summed E-state index contributed by atoms with van der Waals surface area (Å²) in [5.41, 5.74) is 0. The molecule has 0 radical (unpaired) electrons. The summed E-state index contributed by atoms with van der Waals surface area (Å²) in [4.78, 5) is 13.3. The van der Waals surface area contributed by atoms with Gasteiger partial charge in [0.15, 0.2) is 11.5 Å². The Balaban J connectivity index is 1.91. The lowest BCUT2D eigenvalue weighted by molar-refractivity contribution is -0.144. The molecule has 0 aliphatic carbocycles. The molecule has 1 aromatic rings. The molecule has 5 heteroatoms. The van der Waals surface area contributed by atoms with Crippen LogP contribution >= 0.6 is 0 Å². The normalized spacial score (nSPS) is 17.9. The first kappa shape index (κ1) is 16.6. The number of piperidine rings is 1. The molecule has 0 aromatic heterocycles. The Labute approximate surface area is 131 Å². The third-order valence-electron chi connectivity index (χ3n) is 4.03. The fraction of sp³-hybridized carbons (Fsp3) is 0.588. The highest BCUT2D eigenvalue weighted by atomic mass is 16.5. The largest absolute Gasteiger partial charge is 0.490 e. The molecule has 22 heavy (non-hydrogen) atoms. The molecule has 2 rings (SSSR count). The van der Waals surface area contributed by atoms with Gasteiger partial charge in [0.05, 0.1) is 6.61 Å². The fourth-order valence-electron chi connectivity index (χ4n) is 2.90. The number of likely N-dealkylation sites (tertiary alicyclic amines) is 1. The van der Waals surface area contributed by atoms with Crippen molar-refractivity contribution in [1.82, 2.24) is 4.90 Å². The maximum Gasteiger partial charge on any atom is 0.320 e. The van der Waals surface area contributed by atoms with Crippen LogP contribution in [0.4, 0.5) is 0 Å². The Morgan fingerprint density at radius 2 is 1.91 bits per heavy atom. The molecule has 1 atom stereocenters. The number of carboxylic acids is 1. The molecule has 0 bridgehead atoms. The number of ether oxygens (including phenoxy) is 2. The lowest BCUT2D eigenvalue weighted by Crippen LogP contribution is -2.47. The van der Waals surface area contributed by atoms with Gasteiger partial charge in [-0.2, -0.15) is 0 Å². The number of benzene rings is 1. The van der Waals surface area contributed by atoms with Gasteiger partial charge in [-0.3, -0.25) is 9.69 Å². The van der Waals surface area contributed by atoms with Gasteiger partial charge in [0.25, 0.3) is 0 Å². The number of rotatable bonds is 7. The van der Waals surface area contributed by atoms with Gasteiger partial charge in [0.1, 0.15) is 12.1 Å². The van der Waals surface area contributed by atoms with E-state index in [2.05, 4.69) is 0 Å². The summed E-state index contributed by atoms with van der Waals surface area (Å²) in [6, 6.07) is 7.32. The summed E-state index contributed by atoms with van der Waals surface area (Å²) < 4.78 is 11.6. The van der Waals surface area contributed by atoms with E-state index in [0.717, 1.165) is 37.4 Å². The van der Waals surface area contributed by atoms with Gasteiger partial charge in [0, 0.05) is 13.1 Å². The van der Waals surface area contributed by atoms with E-state index in [1.165, 1.54) is 0 Å². The summed E-state index contributed by atoms with van der Waals surface area (Å²) in [5, 5.41) is 9.23. The van der Waals surface area contributed by atoms with Crippen molar-refractivity contribution in [2.24, 2.45) is 0 Å². The summed E-state index contributed by atoms with van der Waals surface area (Å²) in [6.07, 6.45) is 2.42. The molecule has 1 aliphatic heterocycles. The van der Waals surface area contributed by atoms with Gasteiger partial charge in [-0.15, -0.1) is 0 Å². The van der Waals surface area contributed by atoms with E-state index in [-0.39, 0.29) is 12.1 Å². The molecular formula is C17H25NO4. The first-order chi connectivity index (χ1) is 10.7. The summed E-state index contributed by atoms with van der Waals surface area (Å²) in [6.45, 7) is 5.99. The van der Waals surface area contributed by atoms with E-state index in [0.29, 0.717) is 13.0 Å². The molecule has 5 nitrogen and oxygen atoms in total. The highest BCUT2D eigenvalue weighted by Crippen LogP contribution is 2.29. The molecule has 0 spiro atoms. The second kappa shape index (κ2) is 8.03. The third-order valence-corrected chi connectivity index (χ3v) is 4.03. The zero-order valence-electron chi connectivity index (χ0n) is 13.3. The number of carbonyl (C=O) groups is 1. The Morgan fingerprint density at radius 3 is 2.45 bits per heavy atom. The van der Waals surface area contributed by atoms with Crippen LogP contribution in [-0.4, -0.2) is 47.8 Å². The second-order valence-corrected chi connectivity index (χ2v) is 5.50. The molecule has 1 saturated heterocycles. The van der Waals surface area contributed by atoms with Crippen molar-refractivity contribution < 1.29 is 19.4 Å². The Hall–Kier alpha value is -1.75. The Morgan fingerprint density at radius 1 is 1.27 bits per heavy atom. The Kier molecular flexibility index (Phi) is 6.07. The van der Waals surface area contributed by atoms with Crippen LogP contribution < -0.4 is 9.47 Å². The number of aliphatic carboxylic acids is 1. The molecule has 0 amide bonds. The lowest BCUT2D eigenvalue weighted by Gasteiger charge is -2.35. The number of nitrogens with zero attached hydrogens (tertiary/aromatic N) is 1. The van der Waals surface area contributed by atoms with Crippen LogP contribution in [0.25, 0.3) is 0 Å². The molecule has 1 fully saturated rings. The summed E-state index contributed by atoms with van der Waals surface area (Å²) in [5.74, 6) is 0.807. The molecule has 1 unspecified atom stereocenters. The Bertz CT molecular complexity index is 483. The quantitative estimate of drug-likeness (QED) is 0.839. The summed E-state index contributed by atoms with van der Waals surface area (Å²) in [7, 11) is 0. The van der Waals surface area contributed by atoms with Crippen LogP contribution in [0.5, 0.6) is 11.5 Å². The molecular weight excluding hydrogens is 282 g/mol. The molecule has 1 aromatic carbocycles. The highest BCUT2D eigenvalue weighted by molar-refractivity contribution is 5.73. The van der Waals surface area contributed by atoms with Crippen LogP contribution in [0.2, 0.25) is 0 Å². The maximum absolute atomic E-state index is 11.2. The predicted molar refractivity (Wildman–Crippen MR) is 84.5 cm³/mol. The number of hydrogen-bond acceptors (Lipinski definition) is 4. The van der Waals surface area contributed by atoms with E-state index in [9.17, 15) is 9.90 Å². The van der Waals surface area contributed by atoms with Gasteiger partial charge in [-0.05, 0) is 38.3 Å². The van der Waals surface area contributed by atoms with Crippen molar-refractivity contribution in [2.75, 3.05) is 19.7 Å². The van der Waals surface area contributed by atoms with Crippen LogP contribution in [0, 0.1) is 0 Å². The zero-order chi connectivity index (χ0) is 15.9. The maximum atomic E-state index is 11.2. The van der Waals surface area contributed by atoms with E-state index in [1.54, 1.807) is 0 Å². The highest BCUT2D eigenvalue weighted by Gasteiger charge is 2.29. The first-order valence-corrected chi connectivity index (χ1v) is 8.01. The van der Waals surface area contributed by atoms with Crippen molar-refractivity contribution in [3.8, 4) is 11.5 Å². The molecule has 1 aliphatic rings. The molecule has 0 saturated carbocycles. The smallest absolute Gasteiger partial charge is 0.320 e. The average Bonchev–Trinajstić information content (AvgIpc) is 2.51. The number of hydrogen-bond donors (Lipinski definition) is 1. The minimum Gasteiger partial charge on any atom is -0.490 e. The number of para-hydroxylation sites is 2. The van der Waals surface area contributed by atoms with Crippen LogP contribution in [-0.2, 0) is 4.79 Å². The van der Waals surface area contributed by atoms with E-state index >= 15 is 0 Å². The molecule has 1 N–H and O–H groups in total. The average molecular weight is 307 g/mol. The SMILES string of the molecule is CCOc1ccccc1OC1CCN(C(CC)C(=O)O)CC1. The van der Waals surface area contributed by atoms with Crippen LogP contribution in [0.1, 0.15) is 33.1 Å². The van der Waals surface area contributed by atoms with Crippen LogP contribution in [0.3, 0.4) is 0 Å². The van der Waals surface area contributed by atoms with Gasteiger partial charge in [-0.1, -0.05) is 19.1 Å². The standard InChI is InChI=1S/C17H25NO4/c1-3-14(17(19)20)18-11-9-13(10-12-18)22-16-8-6-5-7-15(16)21-4-2/h5-8,13-14H,3-4,9-12H2,1-2H3,(H,19,20). The van der Waals surface area contributed by atoms with Gasteiger partial charge < -0.3 is 14.6 Å². The second-order valence-electron chi connectivity index (χ2n) is 5.50. The molecule has 122 valence electrons. The van der Waals surface area contributed by atoms with E-state index < -0.39 is 5.97 Å². The summed E-state index contributed by atoms with van der Waals surface area (Å²) >= 11 is 0. The van der Waals surface area contributed by atoms with Crippen molar-refractivity contribution in [3.05, 3.63) is 24.3 Å². The number of carboxylic acid groups (broad SMARTS) is 1. The van der Waals surface area contributed by atoms with E-state index in [1.807, 2.05) is 43.0 Å². The van der Waals surface area contributed by atoms with Gasteiger partial charge in [0.2, 0.25) is 0 Å². The zero-order valence-corrected chi connectivity index (χ0v) is 13.3. The van der Waals surface area contributed by atoms with Gasteiger partial charge >= 0.3 is 5.97 Å². The van der Waals surface area contributed by atoms with Crippen molar-refractivity contribution >= 4 is 5.97 Å². The molecule has 1 heterocycles. The van der Waals surface area contributed by atoms with Gasteiger partial charge in [-0.25, -0.2) is 0 Å². The van der Waals surface area contributed by atoms with Crippen molar-refractivity contribution in [2.45, 2.75) is 45.3 Å². The minimum atomic E-state index is -0.733.